The minimum absolute atomic E-state index is 0.0446. The van der Waals surface area contributed by atoms with E-state index in [1.165, 1.54) is 0 Å². The summed E-state index contributed by atoms with van der Waals surface area (Å²) in [5.74, 6) is 0.871. The van der Waals surface area contributed by atoms with Crippen LogP contribution in [0.3, 0.4) is 0 Å². The minimum Gasteiger partial charge on any atom is -0.496 e. The molecule has 0 saturated carbocycles. The molecule has 4 heteroatoms. The Hall–Kier alpha value is -1.10. The Bertz CT molecular complexity index is 365. The molecule has 1 atom stereocenters. The Kier molecular flexibility index (Phi) is 6.12. The molecule has 0 bridgehead atoms. The van der Waals surface area contributed by atoms with Crippen LogP contribution in [-0.4, -0.2) is 36.8 Å². The zero-order valence-corrected chi connectivity index (χ0v) is 11.5. The first-order chi connectivity index (χ1) is 8.65. The van der Waals surface area contributed by atoms with Gasteiger partial charge in [-0.3, -0.25) is 4.90 Å². The zero-order valence-electron chi connectivity index (χ0n) is 11.5. The average Bonchev–Trinajstić information content (AvgIpc) is 2.43. The number of ether oxygens (including phenoxy) is 1. The van der Waals surface area contributed by atoms with Crippen LogP contribution in [0.1, 0.15) is 31.0 Å². The lowest BCUT2D eigenvalue weighted by molar-refractivity contribution is 0.267. The summed E-state index contributed by atoms with van der Waals surface area (Å²) < 4.78 is 5.37. The summed E-state index contributed by atoms with van der Waals surface area (Å²) in [4.78, 5) is 2.31. The highest BCUT2D eigenvalue weighted by molar-refractivity contribution is 5.38. The molecule has 0 unspecified atom stereocenters. The number of rotatable bonds is 7. The van der Waals surface area contributed by atoms with Crippen LogP contribution in [-0.2, 0) is 6.54 Å². The third-order valence-electron chi connectivity index (χ3n) is 3.22. The zero-order chi connectivity index (χ0) is 13.5. The SMILES string of the molecule is CCN(CC)Cc1cc([C@H](N)CO)ccc1OC. The molecule has 0 radical (unpaired) electrons. The number of nitrogens with zero attached hydrogens (tertiary/aromatic N) is 1. The molecule has 1 aromatic rings. The van der Waals surface area contributed by atoms with E-state index < -0.39 is 0 Å². The lowest BCUT2D eigenvalue weighted by Gasteiger charge is -2.21. The van der Waals surface area contributed by atoms with Crippen molar-refractivity contribution in [3.8, 4) is 5.75 Å². The number of benzene rings is 1. The Labute approximate surface area is 109 Å². The van der Waals surface area contributed by atoms with E-state index in [9.17, 15) is 0 Å². The molecule has 102 valence electrons. The largest absolute Gasteiger partial charge is 0.496 e. The van der Waals surface area contributed by atoms with Crippen LogP contribution in [0.15, 0.2) is 18.2 Å². The third kappa shape index (κ3) is 3.70. The summed E-state index contributed by atoms with van der Waals surface area (Å²) in [7, 11) is 1.67. The Morgan fingerprint density at radius 3 is 2.50 bits per heavy atom. The number of hydrogen-bond donors (Lipinski definition) is 2. The van der Waals surface area contributed by atoms with Gasteiger partial charge in [-0.2, -0.15) is 0 Å². The quantitative estimate of drug-likeness (QED) is 0.772. The number of aliphatic hydroxyl groups excluding tert-OH is 1. The third-order valence-corrected chi connectivity index (χ3v) is 3.22. The van der Waals surface area contributed by atoms with Gasteiger partial charge in [-0.05, 0) is 30.8 Å². The van der Waals surface area contributed by atoms with E-state index in [0.29, 0.717) is 0 Å². The van der Waals surface area contributed by atoms with Crippen molar-refractivity contribution in [2.24, 2.45) is 5.73 Å². The summed E-state index contributed by atoms with van der Waals surface area (Å²) in [6.45, 7) is 7.06. The minimum atomic E-state index is -0.327. The molecule has 3 N–H and O–H groups in total. The number of methoxy groups -OCH3 is 1. The average molecular weight is 252 g/mol. The van der Waals surface area contributed by atoms with Crippen molar-refractivity contribution in [2.45, 2.75) is 26.4 Å². The molecule has 1 rings (SSSR count). The van der Waals surface area contributed by atoms with E-state index in [1.807, 2.05) is 18.2 Å². The molecule has 0 spiro atoms. The van der Waals surface area contributed by atoms with E-state index in [2.05, 4.69) is 18.7 Å². The van der Waals surface area contributed by atoms with Gasteiger partial charge in [0.25, 0.3) is 0 Å². The second kappa shape index (κ2) is 7.36. The van der Waals surface area contributed by atoms with Gasteiger partial charge in [-0.25, -0.2) is 0 Å². The van der Waals surface area contributed by atoms with E-state index in [4.69, 9.17) is 15.6 Å². The van der Waals surface area contributed by atoms with E-state index in [-0.39, 0.29) is 12.6 Å². The Balaban J connectivity index is 2.98. The molecule has 0 fully saturated rings. The van der Waals surface area contributed by atoms with E-state index in [0.717, 1.165) is 36.5 Å². The van der Waals surface area contributed by atoms with Gasteiger partial charge in [0.15, 0.2) is 0 Å². The van der Waals surface area contributed by atoms with Crippen LogP contribution in [0.2, 0.25) is 0 Å². The molecule has 1 aromatic carbocycles. The van der Waals surface area contributed by atoms with Gasteiger partial charge in [-0.15, -0.1) is 0 Å². The van der Waals surface area contributed by atoms with Crippen molar-refractivity contribution in [2.75, 3.05) is 26.8 Å². The molecular formula is C14H24N2O2. The van der Waals surface area contributed by atoms with Crippen molar-refractivity contribution in [3.05, 3.63) is 29.3 Å². The normalized spacial score (nSPS) is 12.8. The standard InChI is InChI=1S/C14H24N2O2/c1-4-16(5-2)9-12-8-11(13(15)10-17)6-7-14(12)18-3/h6-8,13,17H,4-5,9-10,15H2,1-3H3/t13-/m1/s1. The predicted octanol–water partition coefficient (Wildman–Crippen LogP) is 1.53. The summed E-state index contributed by atoms with van der Waals surface area (Å²) in [6, 6.07) is 5.53. The number of aliphatic hydroxyl groups is 1. The first-order valence-corrected chi connectivity index (χ1v) is 6.41. The van der Waals surface area contributed by atoms with Crippen LogP contribution in [0.4, 0.5) is 0 Å². The van der Waals surface area contributed by atoms with Crippen LogP contribution in [0, 0.1) is 0 Å². The summed E-state index contributed by atoms with van der Waals surface area (Å²) in [5.41, 5.74) is 7.90. The molecule has 18 heavy (non-hydrogen) atoms. The van der Waals surface area contributed by atoms with Crippen molar-refractivity contribution in [1.82, 2.24) is 4.90 Å². The Morgan fingerprint density at radius 1 is 1.33 bits per heavy atom. The molecule has 0 amide bonds. The fourth-order valence-corrected chi connectivity index (χ4v) is 1.95. The van der Waals surface area contributed by atoms with E-state index >= 15 is 0 Å². The van der Waals surface area contributed by atoms with E-state index in [1.54, 1.807) is 7.11 Å². The van der Waals surface area contributed by atoms with Crippen molar-refractivity contribution in [3.63, 3.8) is 0 Å². The van der Waals surface area contributed by atoms with Gasteiger partial charge >= 0.3 is 0 Å². The number of hydrogen-bond acceptors (Lipinski definition) is 4. The maximum Gasteiger partial charge on any atom is 0.123 e. The molecule has 0 aliphatic rings. The highest BCUT2D eigenvalue weighted by atomic mass is 16.5. The highest BCUT2D eigenvalue weighted by Gasteiger charge is 2.11. The van der Waals surface area contributed by atoms with Crippen molar-refractivity contribution < 1.29 is 9.84 Å². The molecule has 0 saturated heterocycles. The molecule has 0 heterocycles. The lowest BCUT2D eigenvalue weighted by atomic mass is 10.0. The highest BCUT2D eigenvalue weighted by Crippen LogP contribution is 2.24. The summed E-state index contributed by atoms with van der Waals surface area (Å²) in [5, 5.41) is 9.11. The molecule has 0 aromatic heterocycles. The van der Waals surface area contributed by atoms with Gasteiger partial charge in [0.2, 0.25) is 0 Å². The maximum atomic E-state index is 9.11. The molecule has 0 aliphatic carbocycles. The van der Waals surface area contributed by atoms with Gasteiger partial charge < -0.3 is 15.6 Å². The maximum absolute atomic E-state index is 9.11. The fraction of sp³-hybridized carbons (Fsp3) is 0.571. The lowest BCUT2D eigenvalue weighted by Crippen LogP contribution is -2.23. The topological polar surface area (TPSA) is 58.7 Å². The summed E-state index contributed by atoms with van der Waals surface area (Å²) in [6.07, 6.45) is 0. The van der Waals surface area contributed by atoms with Crippen LogP contribution in [0.25, 0.3) is 0 Å². The van der Waals surface area contributed by atoms with Crippen LogP contribution < -0.4 is 10.5 Å². The smallest absolute Gasteiger partial charge is 0.123 e. The van der Waals surface area contributed by atoms with Gasteiger partial charge in [0, 0.05) is 12.1 Å². The second-order valence-electron chi connectivity index (χ2n) is 4.32. The van der Waals surface area contributed by atoms with Gasteiger partial charge in [0.05, 0.1) is 19.8 Å². The molecular weight excluding hydrogens is 228 g/mol. The van der Waals surface area contributed by atoms with Crippen molar-refractivity contribution >= 4 is 0 Å². The van der Waals surface area contributed by atoms with Crippen molar-refractivity contribution in [1.29, 1.82) is 0 Å². The molecule has 4 nitrogen and oxygen atoms in total. The molecule has 0 aliphatic heterocycles. The van der Waals surface area contributed by atoms with Gasteiger partial charge in [-0.1, -0.05) is 19.9 Å². The Morgan fingerprint density at radius 2 is 2.00 bits per heavy atom. The number of nitrogens with two attached hydrogens (primary N) is 1. The van der Waals surface area contributed by atoms with Crippen LogP contribution >= 0.6 is 0 Å². The predicted molar refractivity (Wildman–Crippen MR) is 73.6 cm³/mol. The monoisotopic (exact) mass is 252 g/mol. The second-order valence-corrected chi connectivity index (χ2v) is 4.32. The first-order valence-electron chi connectivity index (χ1n) is 6.41. The van der Waals surface area contributed by atoms with Crippen LogP contribution in [0.5, 0.6) is 5.75 Å². The first kappa shape index (κ1) is 15.0. The fourth-order valence-electron chi connectivity index (χ4n) is 1.95. The summed E-state index contributed by atoms with van der Waals surface area (Å²) >= 11 is 0. The van der Waals surface area contributed by atoms with Gasteiger partial charge in [0.1, 0.15) is 5.75 Å².